The van der Waals surface area contributed by atoms with Crippen molar-refractivity contribution in [2.45, 2.75) is 12.5 Å². The number of thiophene rings is 1. The number of halogens is 1. The number of nitrogens with zero attached hydrogens (tertiary/aromatic N) is 3. The number of methoxy groups -OCH3 is 1. The molecule has 0 bridgehead atoms. The predicted octanol–water partition coefficient (Wildman–Crippen LogP) is 3.95. The zero-order chi connectivity index (χ0) is 22.5. The van der Waals surface area contributed by atoms with Crippen molar-refractivity contribution in [1.82, 2.24) is 9.91 Å². The van der Waals surface area contributed by atoms with Crippen molar-refractivity contribution in [3.05, 3.63) is 82.2 Å². The molecule has 1 aliphatic heterocycles. The van der Waals surface area contributed by atoms with E-state index in [0.29, 0.717) is 17.7 Å². The van der Waals surface area contributed by atoms with Crippen LogP contribution in [0.3, 0.4) is 0 Å². The van der Waals surface area contributed by atoms with Crippen LogP contribution in [0.5, 0.6) is 0 Å². The first-order chi connectivity index (χ1) is 15.6. The number of carbonyl (C=O) groups is 2. The van der Waals surface area contributed by atoms with Gasteiger partial charge in [-0.2, -0.15) is 5.10 Å². The maximum absolute atomic E-state index is 14.4. The van der Waals surface area contributed by atoms with Gasteiger partial charge in [-0.1, -0.05) is 24.3 Å². The Kier molecular flexibility index (Phi) is 6.77. The molecule has 0 radical (unpaired) electrons. The summed E-state index contributed by atoms with van der Waals surface area (Å²) in [6.45, 7) is 0.264. The van der Waals surface area contributed by atoms with Crippen molar-refractivity contribution >= 4 is 28.9 Å². The van der Waals surface area contributed by atoms with E-state index in [0.717, 1.165) is 4.88 Å². The molecular formula is C23H22FN3O4S. The van der Waals surface area contributed by atoms with Crippen LogP contribution in [0.4, 0.5) is 4.39 Å². The van der Waals surface area contributed by atoms with Crippen molar-refractivity contribution in [3.8, 4) is 0 Å². The number of hydrazone groups is 1. The fourth-order valence-electron chi connectivity index (χ4n) is 3.55. The van der Waals surface area contributed by atoms with E-state index >= 15 is 0 Å². The van der Waals surface area contributed by atoms with Crippen LogP contribution in [0.2, 0.25) is 0 Å². The van der Waals surface area contributed by atoms with E-state index < -0.39 is 5.91 Å². The molecular weight excluding hydrogens is 433 g/mol. The van der Waals surface area contributed by atoms with Gasteiger partial charge in [-0.3, -0.25) is 9.59 Å². The van der Waals surface area contributed by atoms with Gasteiger partial charge in [0.1, 0.15) is 12.4 Å². The summed E-state index contributed by atoms with van der Waals surface area (Å²) in [4.78, 5) is 28.5. The molecule has 3 heterocycles. The number of hydrogen-bond donors (Lipinski definition) is 0. The lowest BCUT2D eigenvalue weighted by molar-refractivity contribution is -0.133. The summed E-state index contributed by atoms with van der Waals surface area (Å²) in [7, 11) is 1.52. The van der Waals surface area contributed by atoms with E-state index in [-0.39, 0.29) is 43.2 Å². The molecule has 0 fully saturated rings. The molecule has 4 rings (SSSR count). The van der Waals surface area contributed by atoms with Gasteiger partial charge in [-0.05, 0) is 29.6 Å². The summed E-state index contributed by atoms with van der Waals surface area (Å²) < 4.78 is 24.7. The number of furan rings is 1. The Morgan fingerprint density at radius 3 is 2.78 bits per heavy atom. The highest BCUT2D eigenvalue weighted by molar-refractivity contribution is 7.10. The van der Waals surface area contributed by atoms with Crippen molar-refractivity contribution < 1.29 is 23.1 Å². The van der Waals surface area contributed by atoms with E-state index in [2.05, 4.69) is 5.10 Å². The molecule has 166 valence electrons. The molecule has 0 saturated carbocycles. The first kappa shape index (κ1) is 21.9. The van der Waals surface area contributed by atoms with Gasteiger partial charge in [-0.15, -0.1) is 11.3 Å². The molecule has 2 aromatic heterocycles. The van der Waals surface area contributed by atoms with Gasteiger partial charge < -0.3 is 14.1 Å². The van der Waals surface area contributed by atoms with Crippen molar-refractivity contribution in [1.29, 1.82) is 0 Å². The maximum Gasteiger partial charge on any atom is 0.290 e. The van der Waals surface area contributed by atoms with Crippen LogP contribution < -0.4 is 0 Å². The smallest absolute Gasteiger partial charge is 0.290 e. The van der Waals surface area contributed by atoms with Crippen molar-refractivity contribution in [2.75, 3.05) is 26.8 Å². The van der Waals surface area contributed by atoms with Crippen LogP contribution in [-0.2, 0) is 9.53 Å². The highest BCUT2D eigenvalue weighted by atomic mass is 32.1. The normalized spacial score (nSPS) is 15.6. The number of hydrogen-bond acceptors (Lipinski definition) is 6. The molecule has 0 spiro atoms. The summed E-state index contributed by atoms with van der Waals surface area (Å²) >= 11 is 1.50. The minimum absolute atomic E-state index is 0.140. The Morgan fingerprint density at radius 2 is 2.09 bits per heavy atom. The number of amides is 2. The lowest BCUT2D eigenvalue weighted by Gasteiger charge is -2.25. The van der Waals surface area contributed by atoms with Crippen LogP contribution in [-0.4, -0.2) is 54.2 Å². The minimum Gasteiger partial charge on any atom is -0.459 e. The Labute approximate surface area is 188 Å². The Hall–Kier alpha value is -3.30. The third kappa shape index (κ3) is 4.63. The Morgan fingerprint density at radius 1 is 1.25 bits per heavy atom. The van der Waals surface area contributed by atoms with Gasteiger partial charge in [0.05, 0.1) is 24.6 Å². The van der Waals surface area contributed by atoms with E-state index in [1.54, 1.807) is 30.3 Å². The molecule has 3 aromatic rings. The summed E-state index contributed by atoms with van der Waals surface area (Å²) in [6.07, 6.45) is 1.79. The van der Waals surface area contributed by atoms with Gasteiger partial charge in [0.25, 0.3) is 11.8 Å². The summed E-state index contributed by atoms with van der Waals surface area (Å²) in [6, 6.07) is 13.0. The van der Waals surface area contributed by atoms with Crippen LogP contribution in [0.15, 0.2) is 69.7 Å². The van der Waals surface area contributed by atoms with Gasteiger partial charge in [0.15, 0.2) is 5.76 Å². The SMILES string of the molecule is COCCN(CC(=O)N1N=C(c2ccccc2F)C[C@@H]1c1cccs1)C(=O)c1ccco1. The Balaban J connectivity index is 1.60. The van der Waals surface area contributed by atoms with E-state index in [1.165, 1.54) is 40.7 Å². The fraction of sp³-hybridized carbons (Fsp3) is 0.261. The lowest BCUT2D eigenvalue weighted by Crippen LogP contribution is -2.42. The standard InChI is InChI=1S/C23H22FN3O4S/c1-30-12-10-26(23(29)20-8-4-11-31-20)15-22(28)27-19(21-9-5-13-32-21)14-18(25-27)16-6-2-3-7-17(16)24/h2-9,11,13,19H,10,12,14-15H2,1H3/t19-/m1/s1. The Bertz CT molecular complexity index is 1100. The monoisotopic (exact) mass is 455 g/mol. The van der Waals surface area contributed by atoms with Crippen molar-refractivity contribution in [2.24, 2.45) is 5.10 Å². The highest BCUT2D eigenvalue weighted by Gasteiger charge is 2.35. The number of carbonyl (C=O) groups excluding carboxylic acids is 2. The summed E-state index contributed by atoms with van der Waals surface area (Å²) in [5.41, 5.74) is 0.864. The largest absolute Gasteiger partial charge is 0.459 e. The van der Waals surface area contributed by atoms with Crippen LogP contribution in [0.25, 0.3) is 0 Å². The van der Waals surface area contributed by atoms with Crippen LogP contribution in [0, 0.1) is 5.82 Å². The molecule has 0 saturated heterocycles. The molecule has 1 atom stereocenters. The molecule has 1 aromatic carbocycles. The average molecular weight is 456 g/mol. The first-order valence-corrected chi connectivity index (χ1v) is 11.0. The van der Waals surface area contributed by atoms with Gasteiger partial charge in [0.2, 0.25) is 0 Å². The quantitative estimate of drug-likeness (QED) is 0.516. The van der Waals surface area contributed by atoms with Gasteiger partial charge >= 0.3 is 0 Å². The molecule has 9 heteroatoms. The van der Waals surface area contributed by atoms with Crippen molar-refractivity contribution in [3.63, 3.8) is 0 Å². The molecule has 0 aliphatic carbocycles. The average Bonchev–Trinajstić information content (AvgIpc) is 3.57. The molecule has 1 aliphatic rings. The van der Waals surface area contributed by atoms with Gasteiger partial charge in [0, 0.05) is 30.5 Å². The molecule has 32 heavy (non-hydrogen) atoms. The van der Waals surface area contributed by atoms with E-state index in [1.807, 2.05) is 17.5 Å². The second-order valence-electron chi connectivity index (χ2n) is 7.20. The predicted molar refractivity (Wildman–Crippen MR) is 118 cm³/mol. The number of ether oxygens (including phenoxy) is 1. The third-order valence-electron chi connectivity index (χ3n) is 5.13. The second-order valence-corrected chi connectivity index (χ2v) is 8.18. The number of benzene rings is 1. The maximum atomic E-state index is 14.4. The topological polar surface area (TPSA) is 75.3 Å². The van der Waals surface area contributed by atoms with Crippen LogP contribution in [0.1, 0.15) is 33.5 Å². The zero-order valence-electron chi connectivity index (χ0n) is 17.4. The van der Waals surface area contributed by atoms with E-state index in [9.17, 15) is 14.0 Å². The molecule has 0 unspecified atom stereocenters. The molecule has 7 nitrogen and oxygen atoms in total. The fourth-order valence-corrected chi connectivity index (χ4v) is 4.36. The lowest BCUT2D eigenvalue weighted by atomic mass is 10.0. The zero-order valence-corrected chi connectivity index (χ0v) is 18.3. The van der Waals surface area contributed by atoms with Crippen LogP contribution >= 0.6 is 11.3 Å². The molecule has 2 amide bonds. The highest BCUT2D eigenvalue weighted by Crippen LogP contribution is 2.35. The van der Waals surface area contributed by atoms with E-state index in [4.69, 9.17) is 9.15 Å². The second kappa shape index (κ2) is 9.88. The summed E-state index contributed by atoms with van der Waals surface area (Å²) in [5, 5.41) is 7.77. The first-order valence-electron chi connectivity index (χ1n) is 10.1. The molecule has 0 N–H and O–H groups in total. The van der Waals surface area contributed by atoms with Gasteiger partial charge in [-0.25, -0.2) is 9.40 Å². The minimum atomic E-state index is -0.412. The third-order valence-corrected chi connectivity index (χ3v) is 6.11. The number of rotatable bonds is 8. The summed E-state index contributed by atoms with van der Waals surface area (Å²) in [5.74, 6) is -1.03.